The van der Waals surface area contributed by atoms with Crippen LogP contribution in [0, 0.1) is 18.3 Å². The van der Waals surface area contributed by atoms with Crippen molar-refractivity contribution in [2.24, 2.45) is 0 Å². The van der Waals surface area contributed by atoms with Crippen LogP contribution in [0.2, 0.25) is 0 Å². The van der Waals surface area contributed by atoms with Gasteiger partial charge in [-0.25, -0.2) is 0 Å². The summed E-state index contributed by atoms with van der Waals surface area (Å²) >= 11 is 0. The number of nitrogens with zero attached hydrogens (tertiary/aromatic N) is 3. The van der Waals surface area contributed by atoms with Gasteiger partial charge >= 0.3 is 0 Å². The van der Waals surface area contributed by atoms with Gasteiger partial charge in [-0.2, -0.15) is 5.26 Å². The molecule has 0 saturated heterocycles. The highest BCUT2D eigenvalue weighted by Gasteiger charge is 2.20. The first-order valence-electron chi connectivity index (χ1n) is 7.23. The van der Waals surface area contributed by atoms with Crippen LogP contribution in [0.15, 0.2) is 40.6 Å². The van der Waals surface area contributed by atoms with Gasteiger partial charge in [-0.05, 0) is 31.2 Å². The quantitative estimate of drug-likeness (QED) is 0.500. The van der Waals surface area contributed by atoms with Crippen molar-refractivity contribution < 1.29 is 19.2 Å². The van der Waals surface area contributed by atoms with Crippen molar-refractivity contribution in [2.45, 2.75) is 6.92 Å². The Morgan fingerprint density at radius 1 is 1.28 bits per heavy atom. The van der Waals surface area contributed by atoms with E-state index in [0.717, 1.165) is 0 Å². The zero-order valence-corrected chi connectivity index (χ0v) is 13.9. The summed E-state index contributed by atoms with van der Waals surface area (Å²) < 4.78 is 4.81. The Balaban J connectivity index is 2.22. The number of anilines is 1. The number of benzene rings is 1. The zero-order chi connectivity index (χ0) is 18.6. The number of rotatable bonds is 4. The molecule has 128 valence electrons. The summed E-state index contributed by atoms with van der Waals surface area (Å²) in [4.78, 5) is 25.5. The highest BCUT2D eigenvalue weighted by molar-refractivity contribution is 6.11. The number of aromatic nitrogens is 1. The van der Waals surface area contributed by atoms with Crippen LogP contribution in [-0.2, 0) is 4.79 Å². The Morgan fingerprint density at radius 3 is 2.40 bits per heavy atom. The van der Waals surface area contributed by atoms with E-state index < -0.39 is 17.2 Å². The van der Waals surface area contributed by atoms with E-state index in [2.05, 4.69) is 10.5 Å². The molecule has 0 radical (unpaired) electrons. The van der Waals surface area contributed by atoms with E-state index in [9.17, 15) is 20.0 Å². The van der Waals surface area contributed by atoms with E-state index in [0.29, 0.717) is 11.3 Å². The van der Waals surface area contributed by atoms with Crippen molar-refractivity contribution >= 4 is 23.3 Å². The molecule has 0 unspecified atom stereocenters. The number of aryl methyl sites for hydroxylation is 1. The van der Waals surface area contributed by atoms with Crippen molar-refractivity contribution in [3.05, 3.63) is 52.9 Å². The maximum atomic E-state index is 12.2. The molecular formula is C17H16N4O4. The molecule has 1 heterocycles. The number of carbonyl (C=O) groups is 2. The monoisotopic (exact) mass is 340 g/mol. The Hall–Kier alpha value is -3.60. The molecule has 0 fully saturated rings. The molecule has 0 aliphatic heterocycles. The van der Waals surface area contributed by atoms with E-state index in [1.54, 1.807) is 39.2 Å². The molecule has 8 heteroatoms. The van der Waals surface area contributed by atoms with Crippen LogP contribution in [0.3, 0.4) is 0 Å². The van der Waals surface area contributed by atoms with Gasteiger partial charge in [0.1, 0.15) is 11.8 Å². The van der Waals surface area contributed by atoms with Crippen LogP contribution in [-0.4, -0.2) is 41.1 Å². The Kier molecular flexibility index (Phi) is 5.19. The van der Waals surface area contributed by atoms with Crippen molar-refractivity contribution in [1.29, 1.82) is 5.26 Å². The third-order valence-electron chi connectivity index (χ3n) is 3.38. The maximum absolute atomic E-state index is 12.2. The summed E-state index contributed by atoms with van der Waals surface area (Å²) in [6.07, 6.45) is 1.22. The van der Waals surface area contributed by atoms with Gasteiger partial charge in [0.25, 0.3) is 11.8 Å². The minimum absolute atomic E-state index is 0.165. The third kappa shape index (κ3) is 3.84. The lowest BCUT2D eigenvalue weighted by molar-refractivity contribution is -0.112. The number of nitrogens with one attached hydrogen (secondary N) is 1. The van der Waals surface area contributed by atoms with Crippen molar-refractivity contribution in [2.75, 3.05) is 19.4 Å². The molecule has 0 atom stereocenters. The fourth-order valence-corrected chi connectivity index (χ4v) is 2.02. The molecule has 2 aromatic rings. The normalized spacial score (nSPS) is 11.3. The molecule has 1 aromatic heterocycles. The smallest absolute Gasteiger partial charge is 0.270 e. The van der Waals surface area contributed by atoms with Crippen LogP contribution >= 0.6 is 0 Å². The van der Waals surface area contributed by atoms with Gasteiger partial charge in [-0.3, -0.25) is 9.59 Å². The van der Waals surface area contributed by atoms with E-state index in [1.807, 2.05) is 0 Å². The minimum atomic E-state index is -0.785. The zero-order valence-electron chi connectivity index (χ0n) is 13.9. The molecule has 2 amide bonds. The van der Waals surface area contributed by atoms with Gasteiger partial charge in [-0.15, -0.1) is 0 Å². The first-order valence-corrected chi connectivity index (χ1v) is 7.23. The molecule has 8 nitrogen and oxygen atoms in total. The second-order valence-corrected chi connectivity index (χ2v) is 5.36. The molecule has 0 aliphatic rings. The molecule has 0 aliphatic carbocycles. The van der Waals surface area contributed by atoms with Crippen LogP contribution < -0.4 is 5.32 Å². The average Bonchev–Trinajstić information content (AvgIpc) is 3.01. The lowest BCUT2D eigenvalue weighted by Gasteiger charge is -2.11. The molecule has 1 aromatic carbocycles. The lowest BCUT2D eigenvalue weighted by Crippen LogP contribution is -2.21. The Bertz CT molecular complexity index is 873. The predicted molar refractivity (Wildman–Crippen MR) is 89.5 cm³/mol. The number of amides is 2. The van der Waals surface area contributed by atoms with E-state index in [-0.39, 0.29) is 17.2 Å². The van der Waals surface area contributed by atoms with E-state index >= 15 is 0 Å². The second kappa shape index (κ2) is 7.31. The summed E-state index contributed by atoms with van der Waals surface area (Å²) in [5, 5.41) is 25.3. The topological polar surface area (TPSA) is 119 Å². The second-order valence-electron chi connectivity index (χ2n) is 5.36. The van der Waals surface area contributed by atoms with Crippen molar-refractivity contribution in [3.8, 4) is 6.07 Å². The fraction of sp³-hybridized carbons (Fsp3) is 0.176. The van der Waals surface area contributed by atoms with Gasteiger partial charge in [0.2, 0.25) is 0 Å². The minimum Gasteiger partial charge on any atom is -0.506 e. The number of nitriles is 1. The number of carbonyl (C=O) groups excluding carboxylic acids is 2. The van der Waals surface area contributed by atoms with Crippen molar-refractivity contribution in [3.63, 3.8) is 0 Å². The SMILES string of the molecule is Cc1oncc1/C(O)=C(\C#N)C(=O)Nc1ccc(C(=O)N(C)C)cc1. The van der Waals surface area contributed by atoms with E-state index in [1.165, 1.54) is 23.2 Å². The fourth-order valence-electron chi connectivity index (χ4n) is 2.02. The summed E-state index contributed by atoms with van der Waals surface area (Å²) in [7, 11) is 3.27. The number of hydrogen-bond donors (Lipinski definition) is 2. The Labute approximate surface area is 144 Å². The Morgan fingerprint density at radius 2 is 1.92 bits per heavy atom. The molecule has 25 heavy (non-hydrogen) atoms. The third-order valence-corrected chi connectivity index (χ3v) is 3.38. The highest BCUT2D eigenvalue weighted by atomic mass is 16.5. The average molecular weight is 340 g/mol. The standard InChI is InChI=1S/C17H16N4O4/c1-10-14(9-19-25-10)15(22)13(8-18)16(23)20-12-6-4-11(5-7-12)17(24)21(2)3/h4-7,9,22H,1-3H3,(H,20,23)/b15-13-. The van der Waals surface area contributed by atoms with Gasteiger partial charge in [0.05, 0.1) is 11.8 Å². The largest absolute Gasteiger partial charge is 0.506 e. The van der Waals surface area contributed by atoms with Crippen LogP contribution in [0.4, 0.5) is 5.69 Å². The van der Waals surface area contributed by atoms with Crippen molar-refractivity contribution in [1.82, 2.24) is 10.1 Å². The molecule has 2 N–H and O–H groups in total. The lowest BCUT2D eigenvalue weighted by atomic mass is 10.1. The summed E-state index contributed by atoms with van der Waals surface area (Å²) in [6, 6.07) is 7.84. The molecule has 0 bridgehead atoms. The molecule has 0 saturated carbocycles. The van der Waals surface area contributed by atoms with Crippen LogP contribution in [0.1, 0.15) is 21.7 Å². The number of aliphatic hydroxyl groups is 1. The summed E-state index contributed by atoms with van der Waals surface area (Å²) in [6.45, 7) is 1.55. The van der Waals surface area contributed by atoms with Gasteiger partial charge < -0.3 is 19.8 Å². The molecule has 0 spiro atoms. The first kappa shape index (κ1) is 17.7. The van der Waals surface area contributed by atoms with Gasteiger partial charge in [0, 0.05) is 25.3 Å². The van der Waals surface area contributed by atoms with Gasteiger partial charge in [0.15, 0.2) is 11.3 Å². The highest BCUT2D eigenvalue weighted by Crippen LogP contribution is 2.20. The number of aliphatic hydroxyl groups excluding tert-OH is 1. The predicted octanol–water partition coefficient (Wildman–Crippen LogP) is 2.12. The molecular weight excluding hydrogens is 324 g/mol. The first-order chi connectivity index (χ1) is 11.8. The van der Waals surface area contributed by atoms with Crippen LogP contribution in [0.5, 0.6) is 0 Å². The summed E-state index contributed by atoms with van der Waals surface area (Å²) in [5.41, 5.74) is 0.531. The summed E-state index contributed by atoms with van der Waals surface area (Å²) in [5.74, 6) is -1.19. The molecule has 2 rings (SSSR count). The maximum Gasteiger partial charge on any atom is 0.270 e. The van der Waals surface area contributed by atoms with Crippen LogP contribution in [0.25, 0.3) is 5.76 Å². The van der Waals surface area contributed by atoms with E-state index in [4.69, 9.17) is 4.52 Å². The number of hydrogen-bond acceptors (Lipinski definition) is 6. The van der Waals surface area contributed by atoms with Gasteiger partial charge in [-0.1, -0.05) is 5.16 Å².